The maximum Gasteiger partial charge on any atom is 0.416 e. The molecule has 3 aromatic rings. The van der Waals surface area contributed by atoms with Gasteiger partial charge in [0, 0.05) is 42.5 Å². The number of carboxylic acid groups (broad SMARTS) is 1. The Balaban J connectivity index is 1.55. The lowest BCUT2D eigenvalue weighted by Crippen LogP contribution is -2.47. The third-order valence-corrected chi connectivity index (χ3v) is 6.33. The molecular formula is C26H23ClF3N3O3. The van der Waals surface area contributed by atoms with Gasteiger partial charge in [0.15, 0.2) is 0 Å². The molecule has 1 heterocycles. The van der Waals surface area contributed by atoms with E-state index in [0.29, 0.717) is 36.9 Å². The van der Waals surface area contributed by atoms with Crippen molar-refractivity contribution in [1.29, 1.82) is 0 Å². The Bertz CT molecular complexity index is 1290. The number of aromatic carboxylic acids is 1. The van der Waals surface area contributed by atoms with Crippen LogP contribution in [0.4, 0.5) is 30.2 Å². The van der Waals surface area contributed by atoms with Crippen molar-refractivity contribution in [1.82, 2.24) is 0 Å². The Kier molecular flexibility index (Phi) is 7.12. The fraction of sp³-hybridized carbons (Fsp3) is 0.231. The molecule has 3 aromatic carbocycles. The van der Waals surface area contributed by atoms with Gasteiger partial charge in [-0.1, -0.05) is 17.7 Å². The zero-order valence-corrected chi connectivity index (χ0v) is 20.0. The number of alkyl halides is 3. The topological polar surface area (TPSA) is 72.9 Å². The Labute approximate surface area is 210 Å². The van der Waals surface area contributed by atoms with E-state index in [2.05, 4.69) is 10.2 Å². The van der Waals surface area contributed by atoms with E-state index in [1.54, 1.807) is 6.07 Å². The van der Waals surface area contributed by atoms with E-state index in [1.165, 1.54) is 12.1 Å². The molecule has 1 saturated heterocycles. The fourth-order valence-corrected chi connectivity index (χ4v) is 4.33. The SMILES string of the molecule is Cc1ccc(Cl)cc1N1CCN(c2ccc(C(=O)O)cc2NC(=O)c2ccc(C(F)(F)F)cc2)CC1. The van der Waals surface area contributed by atoms with Crippen LogP contribution in [0.2, 0.25) is 5.02 Å². The highest BCUT2D eigenvalue weighted by molar-refractivity contribution is 6.30. The maximum absolute atomic E-state index is 12.9. The second-order valence-electron chi connectivity index (χ2n) is 8.47. The van der Waals surface area contributed by atoms with Crippen molar-refractivity contribution >= 4 is 40.5 Å². The number of amides is 1. The first-order valence-corrected chi connectivity index (χ1v) is 11.5. The van der Waals surface area contributed by atoms with Crippen molar-refractivity contribution in [3.8, 4) is 0 Å². The van der Waals surface area contributed by atoms with Crippen LogP contribution in [0.25, 0.3) is 0 Å². The number of benzene rings is 3. The molecule has 4 rings (SSSR count). The summed E-state index contributed by atoms with van der Waals surface area (Å²) >= 11 is 6.17. The number of nitrogens with one attached hydrogen (secondary N) is 1. The molecule has 1 aliphatic rings. The molecule has 0 bridgehead atoms. The lowest BCUT2D eigenvalue weighted by molar-refractivity contribution is -0.137. The van der Waals surface area contributed by atoms with Gasteiger partial charge in [0.25, 0.3) is 5.91 Å². The van der Waals surface area contributed by atoms with E-state index >= 15 is 0 Å². The smallest absolute Gasteiger partial charge is 0.416 e. The van der Waals surface area contributed by atoms with Crippen molar-refractivity contribution < 1.29 is 27.9 Å². The van der Waals surface area contributed by atoms with E-state index in [1.807, 2.05) is 30.0 Å². The minimum absolute atomic E-state index is 0.0188. The second kappa shape index (κ2) is 10.1. The predicted molar refractivity (Wildman–Crippen MR) is 133 cm³/mol. The van der Waals surface area contributed by atoms with Crippen LogP contribution < -0.4 is 15.1 Å². The highest BCUT2D eigenvalue weighted by atomic mass is 35.5. The zero-order chi connectivity index (χ0) is 26.0. The summed E-state index contributed by atoms with van der Waals surface area (Å²) in [5, 5.41) is 12.8. The fourth-order valence-electron chi connectivity index (χ4n) is 4.16. The molecule has 0 unspecified atom stereocenters. The van der Waals surface area contributed by atoms with E-state index in [0.717, 1.165) is 35.5 Å². The standard InChI is InChI=1S/C26H23ClF3N3O3/c1-16-2-8-20(27)15-23(16)33-12-10-32(11-13-33)22-9-5-18(25(35)36)14-21(22)31-24(34)17-3-6-19(7-4-17)26(28,29)30/h2-9,14-15H,10-13H2,1H3,(H,31,34)(H,35,36). The number of nitrogens with zero attached hydrogens (tertiary/aromatic N) is 2. The van der Waals surface area contributed by atoms with E-state index in [4.69, 9.17) is 11.6 Å². The average Bonchev–Trinajstić information content (AvgIpc) is 2.85. The van der Waals surface area contributed by atoms with Crippen molar-refractivity contribution in [2.45, 2.75) is 13.1 Å². The highest BCUT2D eigenvalue weighted by Gasteiger charge is 2.30. The van der Waals surface area contributed by atoms with Crippen LogP contribution in [0.1, 0.15) is 31.8 Å². The summed E-state index contributed by atoms with van der Waals surface area (Å²) in [6.07, 6.45) is -4.51. The van der Waals surface area contributed by atoms with Crippen LogP contribution in [0.15, 0.2) is 60.7 Å². The molecule has 0 radical (unpaired) electrons. The third-order valence-electron chi connectivity index (χ3n) is 6.10. The van der Waals surface area contributed by atoms with Crippen LogP contribution in [0.5, 0.6) is 0 Å². The molecule has 0 aromatic heterocycles. The van der Waals surface area contributed by atoms with Gasteiger partial charge in [-0.05, 0) is 67.1 Å². The first-order chi connectivity index (χ1) is 17.0. The number of hydrogen-bond donors (Lipinski definition) is 2. The molecule has 36 heavy (non-hydrogen) atoms. The average molecular weight is 518 g/mol. The number of aryl methyl sites for hydroxylation is 1. The van der Waals surface area contributed by atoms with E-state index in [9.17, 15) is 27.9 Å². The van der Waals surface area contributed by atoms with Crippen molar-refractivity contribution in [2.75, 3.05) is 41.3 Å². The van der Waals surface area contributed by atoms with Crippen LogP contribution >= 0.6 is 11.6 Å². The molecule has 1 fully saturated rings. The summed E-state index contributed by atoms with van der Waals surface area (Å²) < 4.78 is 38.6. The van der Waals surface area contributed by atoms with Crippen molar-refractivity contribution in [3.05, 3.63) is 87.9 Å². The number of anilines is 3. The largest absolute Gasteiger partial charge is 0.478 e. The predicted octanol–water partition coefficient (Wildman–Crippen LogP) is 5.94. The monoisotopic (exact) mass is 517 g/mol. The maximum atomic E-state index is 12.9. The normalized spacial score (nSPS) is 14.0. The Hall–Kier alpha value is -3.72. The Morgan fingerprint density at radius 1 is 0.861 bits per heavy atom. The van der Waals surface area contributed by atoms with Gasteiger partial charge in [-0.15, -0.1) is 0 Å². The lowest BCUT2D eigenvalue weighted by atomic mass is 10.1. The minimum Gasteiger partial charge on any atom is -0.478 e. The van der Waals surface area contributed by atoms with Gasteiger partial charge in [-0.2, -0.15) is 13.2 Å². The summed E-state index contributed by atoms with van der Waals surface area (Å²) in [7, 11) is 0. The van der Waals surface area contributed by atoms with Crippen molar-refractivity contribution in [3.63, 3.8) is 0 Å². The summed E-state index contributed by atoms with van der Waals surface area (Å²) in [6, 6.07) is 14.0. The van der Waals surface area contributed by atoms with Crippen LogP contribution in [0.3, 0.4) is 0 Å². The molecule has 6 nitrogen and oxygen atoms in total. The van der Waals surface area contributed by atoms with Gasteiger partial charge < -0.3 is 20.2 Å². The number of piperazine rings is 1. The van der Waals surface area contributed by atoms with Crippen LogP contribution in [-0.2, 0) is 6.18 Å². The van der Waals surface area contributed by atoms with Crippen LogP contribution in [-0.4, -0.2) is 43.2 Å². The Morgan fingerprint density at radius 3 is 2.03 bits per heavy atom. The molecule has 0 saturated carbocycles. The van der Waals surface area contributed by atoms with Gasteiger partial charge in [-0.25, -0.2) is 4.79 Å². The number of carbonyl (C=O) groups is 2. The molecule has 0 aliphatic carbocycles. The molecular weight excluding hydrogens is 495 g/mol. The third kappa shape index (κ3) is 5.57. The number of halogens is 4. The number of carbonyl (C=O) groups excluding carboxylic acids is 1. The van der Waals surface area contributed by atoms with E-state index in [-0.39, 0.29) is 16.8 Å². The molecule has 10 heteroatoms. The second-order valence-corrected chi connectivity index (χ2v) is 8.91. The molecule has 0 atom stereocenters. The molecule has 188 valence electrons. The van der Waals surface area contributed by atoms with Gasteiger partial charge in [0.05, 0.1) is 22.5 Å². The zero-order valence-electron chi connectivity index (χ0n) is 19.3. The van der Waals surface area contributed by atoms with Gasteiger partial charge >= 0.3 is 12.1 Å². The molecule has 1 aliphatic heterocycles. The number of rotatable bonds is 5. The summed E-state index contributed by atoms with van der Waals surface area (Å²) in [5.41, 5.74) is 2.18. The first-order valence-electron chi connectivity index (χ1n) is 11.1. The minimum atomic E-state index is -4.51. The van der Waals surface area contributed by atoms with Gasteiger partial charge in [0.2, 0.25) is 0 Å². The quantitative estimate of drug-likeness (QED) is 0.438. The molecule has 2 N–H and O–H groups in total. The van der Waals surface area contributed by atoms with Crippen LogP contribution in [0, 0.1) is 6.92 Å². The number of hydrogen-bond acceptors (Lipinski definition) is 4. The van der Waals surface area contributed by atoms with Gasteiger partial charge in [-0.3, -0.25) is 4.79 Å². The number of carboxylic acids is 1. The summed E-state index contributed by atoms with van der Waals surface area (Å²) in [5.74, 6) is -1.80. The summed E-state index contributed by atoms with van der Waals surface area (Å²) in [4.78, 5) is 28.6. The highest BCUT2D eigenvalue weighted by Crippen LogP contribution is 2.32. The molecule has 1 amide bonds. The summed E-state index contributed by atoms with van der Waals surface area (Å²) in [6.45, 7) is 4.56. The Morgan fingerprint density at radius 2 is 1.44 bits per heavy atom. The first kappa shape index (κ1) is 25.4. The van der Waals surface area contributed by atoms with Crippen molar-refractivity contribution in [2.24, 2.45) is 0 Å². The van der Waals surface area contributed by atoms with E-state index < -0.39 is 23.6 Å². The van der Waals surface area contributed by atoms with Gasteiger partial charge in [0.1, 0.15) is 0 Å². The molecule has 0 spiro atoms. The lowest BCUT2D eigenvalue weighted by Gasteiger charge is -2.38.